The molecule has 2 aliphatic rings. The fourth-order valence-corrected chi connectivity index (χ4v) is 2.97. The molecule has 0 aromatic carbocycles. The second-order valence-corrected chi connectivity index (χ2v) is 4.76. The summed E-state index contributed by atoms with van der Waals surface area (Å²) in [5, 5.41) is 0. The van der Waals surface area contributed by atoms with E-state index in [-0.39, 0.29) is 5.97 Å². The van der Waals surface area contributed by atoms with Crippen LogP contribution in [0.3, 0.4) is 0 Å². The van der Waals surface area contributed by atoms with Gasteiger partial charge in [-0.15, -0.1) is 0 Å². The van der Waals surface area contributed by atoms with Gasteiger partial charge in [-0.3, -0.25) is 4.79 Å². The van der Waals surface area contributed by atoms with Crippen LogP contribution in [0, 0.1) is 11.8 Å². The number of nitrogens with zero attached hydrogens (tertiary/aromatic N) is 1. The van der Waals surface area contributed by atoms with Gasteiger partial charge >= 0.3 is 5.97 Å². The van der Waals surface area contributed by atoms with Gasteiger partial charge in [-0.25, -0.2) is 0 Å². The van der Waals surface area contributed by atoms with Gasteiger partial charge in [-0.1, -0.05) is 0 Å². The highest BCUT2D eigenvalue weighted by Gasteiger charge is 2.33. The Morgan fingerprint density at radius 2 is 2.27 bits per heavy atom. The number of esters is 1. The average molecular weight is 211 g/mol. The Morgan fingerprint density at radius 3 is 3.07 bits per heavy atom. The predicted octanol–water partition coefficient (Wildman–Crippen LogP) is 1.67. The zero-order valence-electron chi connectivity index (χ0n) is 9.58. The van der Waals surface area contributed by atoms with Crippen LogP contribution in [0.15, 0.2) is 0 Å². The molecule has 2 saturated heterocycles. The van der Waals surface area contributed by atoms with E-state index < -0.39 is 0 Å². The van der Waals surface area contributed by atoms with Crippen molar-refractivity contribution in [1.82, 2.24) is 4.90 Å². The van der Waals surface area contributed by atoms with E-state index in [9.17, 15) is 4.79 Å². The summed E-state index contributed by atoms with van der Waals surface area (Å²) in [4.78, 5) is 14.0. The Hall–Kier alpha value is -0.570. The minimum Gasteiger partial charge on any atom is -0.466 e. The predicted molar refractivity (Wildman–Crippen MR) is 58.5 cm³/mol. The molecule has 2 heterocycles. The molecule has 2 bridgehead atoms. The van der Waals surface area contributed by atoms with Crippen LogP contribution < -0.4 is 0 Å². The van der Waals surface area contributed by atoms with Crippen LogP contribution in [0.5, 0.6) is 0 Å². The monoisotopic (exact) mass is 211 g/mol. The van der Waals surface area contributed by atoms with Gasteiger partial charge in [0.25, 0.3) is 0 Å². The van der Waals surface area contributed by atoms with Crippen LogP contribution in [0.4, 0.5) is 0 Å². The molecule has 0 aromatic heterocycles. The summed E-state index contributed by atoms with van der Waals surface area (Å²) in [6.07, 6.45) is 4.44. The third-order valence-corrected chi connectivity index (χ3v) is 3.76. The van der Waals surface area contributed by atoms with Gasteiger partial charge in [0.2, 0.25) is 0 Å². The second-order valence-electron chi connectivity index (χ2n) is 4.76. The third kappa shape index (κ3) is 2.71. The molecule has 0 aromatic rings. The molecule has 0 N–H and O–H groups in total. The average Bonchev–Trinajstić information content (AvgIpc) is 2.23. The number of carbonyl (C=O) groups is 1. The Balaban J connectivity index is 1.84. The van der Waals surface area contributed by atoms with Crippen molar-refractivity contribution in [2.75, 3.05) is 26.2 Å². The van der Waals surface area contributed by atoms with E-state index >= 15 is 0 Å². The molecule has 86 valence electrons. The molecule has 0 spiro atoms. The summed E-state index contributed by atoms with van der Waals surface area (Å²) in [5.74, 6) is 1.33. The van der Waals surface area contributed by atoms with Crippen molar-refractivity contribution in [2.45, 2.75) is 32.6 Å². The SMILES string of the molecule is CCOC(=O)CC1CCN2CCCC1C2. The fraction of sp³-hybridized carbons (Fsp3) is 0.917. The minimum atomic E-state index is 0.00141. The van der Waals surface area contributed by atoms with Gasteiger partial charge in [0.05, 0.1) is 6.61 Å². The van der Waals surface area contributed by atoms with Gasteiger partial charge in [-0.05, 0) is 51.1 Å². The number of hydrogen-bond donors (Lipinski definition) is 0. The highest BCUT2D eigenvalue weighted by molar-refractivity contribution is 5.69. The minimum absolute atomic E-state index is 0.00141. The summed E-state index contributed by atoms with van der Waals surface area (Å²) >= 11 is 0. The lowest BCUT2D eigenvalue weighted by Crippen LogP contribution is -2.45. The van der Waals surface area contributed by atoms with Crippen molar-refractivity contribution < 1.29 is 9.53 Å². The van der Waals surface area contributed by atoms with E-state index in [1.54, 1.807) is 0 Å². The van der Waals surface area contributed by atoms with Crippen molar-refractivity contribution in [2.24, 2.45) is 11.8 Å². The molecule has 2 rings (SSSR count). The summed E-state index contributed by atoms with van der Waals surface area (Å²) in [5.41, 5.74) is 0. The van der Waals surface area contributed by atoms with Crippen LogP contribution in [-0.4, -0.2) is 37.1 Å². The molecule has 15 heavy (non-hydrogen) atoms. The maximum atomic E-state index is 11.4. The lowest BCUT2D eigenvalue weighted by Gasteiger charge is -2.42. The van der Waals surface area contributed by atoms with Gasteiger partial charge < -0.3 is 9.64 Å². The van der Waals surface area contributed by atoms with Crippen LogP contribution in [0.1, 0.15) is 32.6 Å². The van der Waals surface area contributed by atoms with Crippen LogP contribution in [0.25, 0.3) is 0 Å². The Bertz CT molecular complexity index is 230. The molecule has 0 radical (unpaired) electrons. The number of fused-ring (bicyclic) bond motifs is 2. The zero-order valence-corrected chi connectivity index (χ0v) is 9.58. The van der Waals surface area contributed by atoms with Crippen molar-refractivity contribution in [3.63, 3.8) is 0 Å². The Labute approximate surface area is 91.8 Å². The van der Waals surface area contributed by atoms with Gasteiger partial charge in [0.1, 0.15) is 0 Å². The molecule has 3 atom stereocenters. The van der Waals surface area contributed by atoms with Crippen LogP contribution in [-0.2, 0) is 9.53 Å². The summed E-state index contributed by atoms with van der Waals surface area (Å²) in [7, 11) is 0. The van der Waals surface area contributed by atoms with E-state index in [1.807, 2.05) is 6.92 Å². The van der Waals surface area contributed by atoms with Crippen molar-refractivity contribution in [1.29, 1.82) is 0 Å². The molecule has 0 aliphatic carbocycles. The van der Waals surface area contributed by atoms with E-state index in [0.29, 0.717) is 18.9 Å². The molecule has 2 aliphatic heterocycles. The molecule has 0 saturated carbocycles. The van der Waals surface area contributed by atoms with Gasteiger partial charge in [0.15, 0.2) is 0 Å². The first-order valence-corrected chi connectivity index (χ1v) is 6.17. The molecular formula is C12H21NO2. The van der Waals surface area contributed by atoms with Gasteiger partial charge in [-0.2, -0.15) is 0 Å². The first-order valence-electron chi connectivity index (χ1n) is 6.17. The number of hydrogen-bond acceptors (Lipinski definition) is 3. The summed E-state index contributed by atoms with van der Waals surface area (Å²) < 4.78 is 5.03. The largest absolute Gasteiger partial charge is 0.466 e. The van der Waals surface area contributed by atoms with Crippen molar-refractivity contribution in [3.8, 4) is 0 Å². The number of carbonyl (C=O) groups excluding carboxylic acids is 1. The maximum Gasteiger partial charge on any atom is 0.306 e. The summed E-state index contributed by atoms with van der Waals surface area (Å²) in [6.45, 7) is 6.05. The normalized spacial score (nSPS) is 34.9. The van der Waals surface area contributed by atoms with E-state index in [4.69, 9.17) is 4.74 Å². The lowest BCUT2D eigenvalue weighted by atomic mass is 9.78. The number of rotatable bonds is 3. The van der Waals surface area contributed by atoms with E-state index in [2.05, 4.69) is 4.90 Å². The first kappa shape index (κ1) is 10.9. The molecule has 0 amide bonds. The van der Waals surface area contributed by atoms with Gasteiger partial charge in [0, 0.05) is 13.0 Å². The van der Waals surface area contributed by atoms with E-state index in [1.165, 1.54) is 38.9 Å². The number of piperidine rings is 2. The topological polar surface area (TPSA) is 29.5 Å². The Kier molecular flexibility index (Phi) is 3.62. The quantitative estimate of drug-likeness (QED) is 0.665. The molecule has 3 nitrogen and oxygen atoms in total. The maximum absolute atomic E-state index is 11.4. The third-order valence-electron chi connectivity index (χ3n) is 3.76. The molecular weight excluding hydrogens is 190 g/mol. The van der Waals surface area contributed by atoms with E-state index in [0.717, 1.165) is 5.92 Å². The highest BCUT2D eigenvalue weighted by atomic mass is 16.5. The van der Waals surface area contributed by atoms with Crippen LogP contribution >= 0.6 is 0 Å². The number of ether oxygens (including phenoxy) is 1. The molecule has 3 heteroatoms. The molecule has 2 fully saturated rings. The van der Waals surface area contributed by atoms with Crippen molar-refractivity contribution >= 4 is 5.97 Å². The highest BCUT2D eigenvalue weighted by Crippen LogP contribution is 2.33. The first-order chi connectivity index (χ1) is 7.29. The molecule has 3 unspecified atom stereocenters. The fourth-order valence-electron chi connectivity index (χ4n) is 2.97. The standard InChI is InChI=1S/C12H21NO2/c1-2-15-12(14)8-10-5-7-13-6-3-4-11(10)9-13/h10-11H,2-9H2,1H3. The van der Waals surface area contributed by atoms with Crippen molar-refractivity contribution in [3.05, 3.63) is 0 Å². The lowest BCUT2D eigenvalue weighted by molar-refractivity contribution is -0.145. The summed E-state index contributed by atoms with van der Waals surface area (Å²) in [6, 6.07) is 0. The second kappa shape index (κ2) is 4.97. The Morgan fingerprint density at radius 1 is 1.40 bits per heavy atom. The zero-order chi connectivity index (χ0) is 10.7. The van der Waals surface area contributed by atoms with Crippen LogP contribution in [0.2, 0.25) is 0 Å². The smallest absolute Gasteiger partial charge is 0.306 e.